The predicted molar refractivity (Wildman–Crippen MR) is 69.7 cm³/mol. The zero-order valence-corrected chi connectivity index (χ0v) is 11.2. The third-order valence-electron chi connectivity index (χ3n) is 3.29. The molecular weight excluding hydrogens is 234 g/mol. The van der Waals surface area contributed by atoms with Gasteiger partial charge in [-0.25, -0.2) is 4.79 Å². The lowest BCUT2D eigenvalue weighted by Gasteiger charge is -2.19. The minimum atomic E-state index is -0.811. The number of rotatable bonds is 6. The van der Waals surface area contributed by atoms with E-state index in [0.717, 1.165) is 30.4 Å². The molecule has 17 heavy (non-hydrogen) atoms. The highest BCUT2D eigenvalue weighted by Crippen LogP contribution is 2.31. The second kappa shape index (κ2) is 5.19. The lowest BCUT2D eigenvalue weighted by Crippen LogP contribution is -2.25. The van der Waals surface area contributed by atoms with E-state index < -0.39 is 5.97 Å². The third kappa shape index (κ3) is 3.30. The van der Waals surface area contributed by atoms with Gasteiger partial charge >= 0.3 is 5.97 Å². The van der Waals surface area contributed by atoms with Crippen molar-refractivity contribution in [1.82, 2.24) is 4.90 Å². The number of hydrogen-bond donors (Lipinski definition) is 1. The maximum atomic E-state index is 10.9. The summed E-state index contributed by atoms with van der Waals surface area (Å²) in [5.74, 6) is 0.0717. The van der Waals surface area contributed by atoms with Crippen molar-refractivity contribution in [3.8, 4) is 0 Å². The molecule has 1 N–H and O–H groups in total. The molecule has 1 aliphatic rings. The van der Waals surface area contributed by atoms with E-state index in [1.54, 1.807) is 0 Å². The molecule has 0 saturated heterocycles. The SMILES string of the molecule is CCN(Cc1cc(C(=O)O)sc1C)CC1CC1. The molecular formula is C13H19NO2S. The molecule has 94 valence electrons. The maximum Gasteiger partial charge on any atom is 0.345 e. The summed E-state index contributed by atoms with van der Waals surface area (Å²) in [5.41, 5.74) is 1.18. The van der Waals surface area contributed by atoms with Crippen molar-refractivity contribution >= 4 is 17.3 Å². The average Bonchev–Trinajstić information content (AvgIpc) is 3.02. The van der Waals surface area contributed by atoms with Crippen LogP contribution < -0.4 is 0 Å². The van der Waals surface area contributed by atoms with Crippen molar-refractivity contribution in [2.24, 2.45) is 5.92 Å². The standard InChI is InChI=1S/C13H19NO2S/c1-3-14(7-10-4-5-10)8-11-6-12(13(15)16)17-9(11)2/h6,10H,3-5,7-8H2,1-2H3,(H,15,16). The third-order valence-corrected chi connectivity index (χ3v) is 4.37. The van der Waals surface area contributed by atoms with Crippen LogP contribution in [0.15, 0.2) is 6.07 Å². The number of carboxylic acid groups (broad SMARTS) is 1. The van der Waals surface area contributed by atoms with E-state index in [1.165, 1.54) is 29.7 Å². The fourth-order valence-corrected chi connectivity index (χ4v) is 2.87. The Kier molecular flexibility index (Phi) is 3.84. The first-order valence-corrected chi connectivity index (χ1v) is 6.96. The first kappa shape index (κ1) is 12.6. The molecule has 0 aliphatic heterocycles. The number of carbonyl (C=O) groups is 1. The van der Waals surface area contributed by atoms with Crippen molar-refractivity contribution in [2.45, 2.75) is 33.2 Å². The van der Waals surface area contributed by atoms with Gasteiger partial charge in [0.15, 0.2) is 0 Å². The van der Waals surface area contributed by atoms with Crippen LogP contribution in [0.1, 0.15) is 39.9 Å². The van der Waals surface area contributed by atoms with Crippen molar-refractivity contribution in [2.75, 3.05) is 13.1 Å². The Morgan fingerprint density at radius 1 is 1.59 bits per heavy atom. The zero-order valence-electron chi connectivity index (χ0n) is 10.4. The summed E-state index contributed by atoms with van der Waals surface area (Å²) in [6.45, 7) is 7.27. The molecule has 3 nitrogen and oxygen atoms in total. The highest BCUT2D eigenvalue weighted by Gasteiger charge is 2.24. The zero-order chi connectivity index (χ0) is 12.4. The molecule has 0 spiro atoms. The lowest BCUT2D eigenvalue weighted by molar-refractivity contribution is 0.0702. The van der Waals surface area contributed by atoms with Crippen LogP contribution in [0.25, 0.3) is 0 Å². The molecule has 1 aromatic heterocycles. The summed E-state index contributed by atoms with van der Waals surface area (Å²) in [5, 5.41) is 8.97. The molecule has 1 saturated carbocycles. The Balaban J connectivity index is 2.02. The predicted octanol–water partition coefficient (Wildman–Crippen LogP) is 2.99. The van der Waals surface area contributed by atoms with Crippen molar-refractivity contribution in [1.29, 1.82) is 0 Å². The first-order valence-electron chi connectivity index (χ1n) is 6.15. The van der Waals surface area contributed by atoms with E-state index in [1.807, 2.05) is 13.0 Å². The van der Waals surface area contributed by atoms with E-state index in [9.17, 15) is 4.79 Å². The maximum absolute atomic E-state index is 10.9. The van der Waals surface area contributed by atoms with Crippen LogP contribution in [0.3, 0.4) is 0 Å². The molecule has 1 fully saturated rings. The van der Waals surface area contributed by atoms with Crippen LogP contribution >= 0.6 is 11.3 Å². The van der Waals surface area contributed by atoms with E-state index in [-0.39, 0.29) is 0 Å². The van der Waals surface area contributed by atoms with Gasteiger partial charge < -0.3 is 5.11 Å². The van der Waals surface area contributed by atoms with Crippen LogP contribution in [0.4, 0.5) is 0 Å². The van der Waals surface area contributed by atoms with Crippen molar-refractivity contribution < 1.29 is 9.90 Å². The number of carboxylic acids is 1. The summed E-state index contributed by atoms with van der Waals surface area (Å²) >= 11 is 1.38. The van der Waals surface area contributed by atoms with E-state index in [4.69, 9.17) is 5.11 Å². The number of thiophene rings is 1. The van der Waals surface area contributed by atoms with Gasteiger partial charge in [0.2, 0.25) is 0 Å². The van der Waals surface area contributed by atoms with Crippen LogP contribution in [0, 0.1) is 12.8 Å². The Morgan fingerprint density at radius 2 is 2.29 bits per heavy atom. The minimum Gasteiger partial charge on any atom is -0.477 e. The minimum absolute atomic E-state index is 0.458. The molecule has 1 aromatic rings. The van der Waals surface area contributed by atoms with Gasteiger partial charge in [-0.3, -0.25) is 4.90 Å². The van der Waals surface area contributed by atoms with E-state index in [2.05, 4.69) is 11.8 Å². The topological polar surface area (TPSA) is 40.5 Å². The fraction of sp³-hybridized carbons (Fsp3) is 0.615. The molecule has 0 atom stereocenters. The molecule has 2 rings (SSSR count). The fourth-order valence-electron chi connectivity index (χ4n) is 1.99. The van der Waals surface area contributed by atoms with E-state index in [0.29, 0.717) is 4.88 Å². The summed E-state index contributed by atoms with van der Waals surface area (Å²) in [7, 11) is 0. The van der Waals surface area contributed by atoms with Gasteiger partial charge in [-0.1, -0.05) is 6.92 Å². The van der Waals surface area contributed by atoms with Gasteiger partial charge in [-0.2, -0.15) is 0 Å². The van der Waals surface area contributed by atoms with Crippen LogP contribution in [0.2, 0.25) is 0 Å². The average molecular weight is 253 g/mol. The first-order chi connectivity index (χ1) is 8.10. The van der Waals surface area contributed by atoms with Gasteiger partial charge in [-0.05, 0) is 43.9 Å². The Morgan fingerprint density at radius 3 is 2.76 bits per heavy atom. The number of hydrogen-bond acceptors (Lipinski definition) is 3. The molecule has 0 radical (unpaired) electrons. The monoisotopic (exact) mass is 253 g/mol. The Hall–Kier alpha value is -0.870. The molecule has 1 aliphatic carbocycles. The molecule has 4 heteroatoms. The van der Waals surface area contributed by atoms with Crippen LogP contribution in [0.5, 0.6) is 0 Å². The number of aryl methyl sites for hydroxylation is 1. The normalized spacial score (nSPS) is 15.5. The summed E-state index contributed by atoms with van der Waals surface area (Å²) in [6, 6.07) is 1.83. The van der Waals surface area contributed by atoms with Crippen LogP contribution in [-0.4, -0.2) is 29.1 Å². The van der Waals surface area contributed by atoms with E-state index >= 15 is 0 Å². The second-order valence-electron chi connectivity index (χ2n) is 4.77. The summed E-state index contributed by atoms with van der Waals surface area (Å²) < 4.78 is 0. The second-order valence-corrected chi connectivity index (χ2v) is 6.02. The molecule has 0 bridgehead atoms. The van der Waals surface area contributed by atoms with Crippen molar-refractivity contribution in [3.05, 3.63) is 21.4 Å². The number of aromatic carboxylic acids is 1. The smallest absolute Gasteiger partial charge is 0.345 e. The summed E-state index contributed by atoms with van der Waals surface area (Å²) in [6.07, 6.45) is 2.72. The molecule has 0 unspecified atom stereocenters. The van der Waals surface area contributed by atoms with Crippen LogP contribution in [-0.2, 0) is 6.54 Å². The van der Waals surface area contributed by atoms with Gasteiger partial charge in [0, 0.05) is 18.0 Å². The quantitative estimate of drug-likeness (QED) is 0.847. The van der Waals surface area contributed by atoms with Gasteiger partial charge in [0.25, 0.3) is 0 Å². The molecule has 0 aromatic carbocycles. The van der Waals surface area contributed by atoms with Crippen molar-refractivity contribution in [3.63, 3.8) is 0 Å². The lowest BCUT2D eigenvalue weighted by atomic mass is 10.2. The van der Waals surface area contributed by atoms with Gasteiger partial charge in [0.05, 0.1) is 0 Å². The molecule has 0 amide bonds. The summed E-state index contributed by atoms with van der Waals surface area (Å²) in [4.78, 5) is 14.9. The Bertz CT molecular complexity index is 410. The van der Waals surface area contributed by atoms with Gasteiger partial charge in [0.1, 0.15) is 4.88 Å². The number of nitrogens with zero attached hydrogens (tertiary/aromatic N) is 1. The molecule has 1 heterocycles. The largest absolute Gasteiger partial charge is 0.477 e. The Labute approximate surface area is 106 Å². The van der Waals surface area contributed by atoms with Gasteiger partial charge in [-0.15, -0.1) is 11.3 Å². The highest BCUT2D eigenvalue weighted by atomic mass is 32.1. The highest BCUT2D eigenvalue weighted by molar-refractivity contribution is 7.14.